The van der Waals surface area contributed by atoms with Gasteiger partial charge >= 0.3 is 0 Å². The van der Waals surface area contributed by atoms with Gasteiger partial charge in [-0.05, 0) is 50.8 Å². The van der Waals surface area contributed by atoms with Crippen molar-refractivity contribution in [3.8, 4) is 5.75 Å². The Bertz CT molecular complexity index is 514. The van der Waals surface area contributed by atoms with Crippen molar-refractivity contribution >= 4 is 5.91 Å². The van der Waals surface area contributed by atoms with Gasteiger partial charge in [-0.25, -0.2) is 0 Å². The number of hydrogen-bond donors (Lipinski definition) is 2. The monoisotopic (exact) mass is 304 g/mol. The van der Waals surface area contributed by atoms with Crippen LogP contribution >= 0.6 is 0 Å². The van der Waals surface area contributed by atoms with Gasteiger partial charge in [0.1, 0.15) is 5.75 Å². The number of carbonyl (C=O) groups is 1. The van der Waals surface area contributed by atoms with Gasteiger partial charge in [0.15, 0.2) is 0 Å². The lowest BCUT2D eigenvalue weighted by molar-refractivity contribution is -0.128. The molecule has 22 heavy (non-hydrogen) atoms. The van der Waals surface area contributed by atoms with Gasteiger partial charge in [-0.1, -0.05) is 25.0 Å². The van der Waals surface area contributed by atoms with Crippen molar-refractivity contribution in [2.45, 2.75) is 57.5 Å². The number of methoxy groups -OCH3 is 1. The van der Waals surface area contributed by atoms with Crippen LogP contribution in [0, 0.1) is 5.92 Å². The van der Waals surface area contributed by atoms with Crippen LogP contribution in [-0.2, 0) is 11.2 Å². The van der Waals surface area contributed by atoms with Gasteiger partial charge in [-0.3, -0.25) is 4.79 Å². The van der Waals surface area contributed by atoms with Gasteiger partial charge in [0, 0.05) is 11.6 Å². The molecular weight excluding hydrogens is 276 g/mol. The number of rotatable bonds is 5. The van der Waals surface area contributed by atoms with Gasteiger partial charge in [0.25, 0.3) is 0 Å². The molecule has 0 aromatic heterocycles. The number of ether oxygens (including phenoxy) is 1. The highest BCUT2D eigenvalue weighted by atomic mass is 16.5. The molecular formula is C18H28N2O2. The van der Waals surface area contributed by atoms with Crippen molar-refractivity contribution in [3.63, 3.8) is 0 Å². The van der Waals surface area contributed by atoms with Crippen molar-refractivity contribution in [1.82, 2.24) is 5.32 Å². The smallest absolute Gasteiger partial charge is 0.225 e. The summed E-state index contributed by atoms with van der Waals surface area (Å²) in [7, 11) is 1.66. The van der Waals surface area contributed by atoms with E-state index in [1.54, 1.807) is 7.11 Å². The van der Waals surface area contributed by atoms with E-state index in [4.69, 9.17) is 10.5 Å². The molecule has 4 heteroatoms. The molecule has 1 aliphatic rings. The fourth-order valence-corrected chi connectivity index (χ4v) is 3.34. The second-order valence-electron chi connectivity index (χ2n) is 6.77. The third kappa shape index (κ3) is 4.23. The van der Waals surface area contributed by atoms with Crippen molar-refractivity contribution in [3.05, 3.63) is 29.8 Å². The van der Waals surface area contributed by atoms with Crippen LogP contribution in [0.15, 0.2) is 24.3 Å². The van der Waals surface area contributed by atoms with E-state index in [1.807, 2.05) is 32.0 Å². The Morgan fingerprint density at radius 2 is 2.27 bits per heavy atom. The summed E-state index contributed by atoms with van der Waals surface area (Å²) in [5.74, 6) is 0.868. The molecule has 0 bridgehead atoms. The van der Waals surface area contributed by atoms with Crippen LogP contribution < -0.4 is 15.8 Å². The average Bonchev–Trinajstić information content (AvgIpc) is 2.46. The van der Waals surface area contributed by atoms with Crippen LogP contribution in [0.5, 0.6) is 5.75 Å². The Labute approximate surface area is 133 Å². The predicted octanol–water partition coefficient (Wildman–Crippen LogP) is 2.65. The van der Waals surface area contributed by atoms with Gasteiger partial charge in [-0.15, -0.1) is 0 Å². The van der Waals surface area contributed by atoms with Crippen LogP contribution in [0.1, 0.15) is 45.1 Å². The molecule has 1 aliphatic carbocycles. The molecule has 3 atom stereocenters. The van der Waals surface area contributed by atoms with E-state index in [9.17, 15) is 4.79 Å². The summed E-state index contributed by atoms with van der Waals surface area (Å²) in [6, 6.07) is 8.04. The third-order valence-electron chi connectivity index (χ3n) is 4.64. The Morgan fingerprint density at radius 1 is 1.50 bits per heavy atom. The lowest BCUT2D eigenvalue weighted by Crippen LogP contribution is -2.54. The number of nitrogens with one attached hydrogen (secondary N) is 1. The topological polar surface area (TPSA) is 64.3 Å². The molecule has 1 aromatic carbocycles. The summed E-state index contributed by atoms with van der Waals surface area (Å²) in [5, 5.41) is 3.13. The van der Waals surface area contributed by atoms with Gasteiger partial charge in [0.05, 0.1) is 13.0 Å². The third-order valence-corrected chi connectivity index (χ3v) is 4.64. The van der Waals surface area contributed by atoms with E-state index in [1.165, 1.54) is 0 Å². The second kappa shape index (κ2) is 7.14. The first-order valence-corrected chi connectivity index (χ1v) is 8.14. The summed E-state index contributed by atoms with van der Waals surface area (Å²) in [6.07, 6.45) is 4.82. The van der Waals surface area contributed by atoms with E-state index in [-0.39, 0.29) is 23.4 Å². The van der Waals surface area contributed by atoms with E-state index in [0.717, 1.165) is 43.4 Å². The molecule has 1 saturated carbocycles. The molecule has 3 N–H and O–H groups in total. The van der Waals surface area contributed by atoms with E-state index >= 15 is 0 Å². The second-order valence-corrected chi connectivity index (χ2v) is 6.77. The quantitative estimate of drug-likeness (QED) is 0.879. The molecule has 1 aromatic rings. The standard InChI is InChI=1S/C18H28N2O2/c1-13(11-14-7-6-8-15(12-14)22-3)20-17(21)16-9-4-5-10-18(16,2)19/h6-8,12-13,16H,4-5,9-11,19H2,1-3H3,(H,20,21). The SMILES string of the molecule is COc1cccc(CC(C)NC(=O)C2CCCCC2(C)N)c1. The van der Waals surface area contributed by atoms with E-state index in [2.05, 4.69) is 11.4 Å². The molecule has 122 valence electrons. The highest BCUT2D eigenvalue weighted by Crippen LogP contribution is 2.31. The number of amides is 1. The fourth-order valence-electron chi connectivity index (χ4n) is 3.34. The molecule has 0 spiro atoms. The van der Waals surface area contributed by atoms with Crippen molar-refractivity contribution < 1.29 is 9.53 Å². The first-order chi connectivity index (χ1) is 10.4. The minimum atomic E-state index is -0.377. The molecule has 0 radical (unpaired) electrons. The molecule has 3 unspecified atom stereocenters. The summed E-state index contributed by atoms with van der Waals surface area (Å²) >= 11 is 0. The zero-order valence-electron chi connectivity index (χ0n) is 13.9. The number of hydrogen-bond acceptors (Lipinski definition) is 3. The fraction of sp³-hybridized carbons (Fsp3) is 0.611. The highest BCUT2D eigenvalue weighted by Gasteiger charge is 2.37. The number of benzene rings is 1. The van der Waals surface area contributed by atoms with Crippen LogP contribution in [0.3, 0.4) is 0 Å². The largest absolute Gasteiger partial charge is 0.497 e. The lowest BCUT2D eigenvalue weighted by atomic mass is 9.74. The number of nitrogens with two attached hydrogens (primary N) is 1. The van der Waals surface area contributed by atoms with Crippen LogP contribution in [0.25, 0.3) is 0 Å². The molecule has 2 rings (SSSR count). The highest BCUT2D eigenvalue weighted by molar-refractivity contribution is 5.80. The maximum atomic E-state index is 12.5. The van der Waals surface area contributed by atoms with Gasteiger partial charge < -0.3 is 15.8 Å². The Balaban J connectivity index is 1.93. The van der Waals surface area contributed by atoms with Gasteiger partial charge in [-0.2, -0.15) is 0 Å². The Kier molecular flexibility index (Phi) is 5.46. The minimum Gasteiger partial charge on any atom is -0.497 e. The Hall–Kier alpha value is -1.55. The predicted molar refractivity (Wildman–Crippen MR) is 88.9 cm³/mol. The van der Waals surface area contributed by atoms with Crippen LogP contribution in [0.4, 0.5) is 0 Å². The normalized spacial score (nSPS) is 26.3. The first kappa shape index (κ1) is 16.8. The zero-order chi connectivity index (χ0) is 16.2. The number of carbonyl (C=O) groups excluding carboxylic acids is 1. The molecule has 0 heterocycles. The molecule has 0 aliphatic heterocycles. The first-order valence-electron chi connectivity index (χ1n) is 8.14. The summed E-state index contributed by atoms with van der Waals surface area (Å²) in [5.41, 5.74) is 7.09. The van der Waals surface area contributed by atoms with Crippen molar-refractivity contribution in [2.24, 2.45) is 11.7 Å². The zero-order valence-corrected chi connectivity index (χ0v) is 13.9. The van der Waals surface area contributed by atoms with Crippen molar-refractivity contribution in [2.75, 3.05) is 7.11 Å². The van der Waals surface area contributed by atoms with E-state index in [0.29, 0.717) is 0 Å². The maximum Gasteiger partial charge on any atom is 0.225 e. The van der Waals surface area contributed by atoms with E-state index < -0.39 is 0 Å². The molecule has 1 fully saturated rings. The summed E-state index contributed by atoms with van der Waals surface area (Å²) in [6.45, 7) is 4.04. The van der Waals surface area contributed by atoms with Gasteiger partial charge in [0.2, 0.25) is 5.91 Å². The molecule has 0 saturated heterocycles. The lowest BCUT2D eigenvalue weighted by Gasteiger charge is -2.37. The molecule has 4 nitrogen and oxygen atoms in total. The Morgan fingerprint density at radius 3 is 2.95 bits per heavy atom. The minimum absolute atomic E-state index is 0.0750. The van der Waals surface area contributed by atoms with Crippen LogP contribution in [-0.4, -0.2) is 24.6 Å². The molecule has 1 amide bonds. The van der Waals surface area contributed by atoms with Crippen LogP contribution in [0.2, 0.25) is 0 Å². The summed E-state index contributed by atoms with van der Waals surface area (Å²) < 4.78 is 5.24. The maximum absolute atomic E-state index is 12.5. The van der Waals surface area contributed by atoms with Crippen molar-refractivity contribution in [1.29, 1.82) is 0 Å². The average molecular weight is 304 g/mol. The summed E-state index contributed by atoms with van der Waals surface area (Å²) in [4.78, 5) is 12.5.